The van der Waals surface area contributed by atoms with Crippen molar-refractivity contribution < 1.29 is 18.0 Å². The summed E-state index contributed by atoms with van der Waals surface area (Å²) in [6, 6.07) is 0. The highest BCUT2D eigenvalue weighted by Gasteiger charge is 2.39. The van der Waals surface area contributed by atoms with E-state index in [4.69, 9.17) is 0 Å². The first kappa shape index (κ1) is 17.3. The summed E-state index contributed by atoms with van der Waals surface area (Å²) in [6.07, 6.45) is 3.53. The summed E-state index contributed by atoms with van der Waals surface area (Å²) in [7, 11) is 0. The van der Waals surface area contributed by atoms with Gasteiger partial charge in [0.2, 0.25) is 5.91 Å². The van der Waals surface area contributed by atoms with Gasteiger partial charge in [0.15, 0.2) is 5.69 Å². The number of alkyl halides is 3. The highest BCUT2D eigenvalue weighted by molar-refractivity contribution is 5.78. The predicted octanol–water partition coefficient (Wildman–Crippen LogP) is 3.48. The molecule has 2 aliphatic carbocycles. The Kier molecular flexibility index (Phi) is 5.15. The van der Waals surface area contributed by atoms with Crippen LogP contribution in [0, 0.1) is 5.92 Å². The molecule has 134 valence electrons. The van der Waals surface area contributed by atoms with Crippen LogP contribution < -0.4 is 5.32 Å². The third-order valence-electron chi connectivity index (χ3n) is 5.12. The van der Waals surface area contributed by atoms with Gasteiger partial charge in [0, 0.05) is 23.7 Å². The molecule has 1 saturated carbocycles. The molecule has 0 aliphatic heterocycles. The average molecular weight is 343 g/mol. The first-order valence-corrected chi connectivity index (χ1v) is 8.90. The second-order valence-electron chi connectivity index (χ2n) is 6.83. The zero-order valence-corrected chi connectivity index (χ0v) is 13.8. The lowest BCUT2D eigenvalue weighted by Gasteiger charge is -2.21. The number of hydrogen-bond acceptors (Lipinski definition) is 2. The highest BCUT2D eigenvalue weighted by atomic mass is 19.4. The molecule has 0 radical (unpaired) electrons. The lowest BCUT2D eigenvalue weighted by Crippen LogP contribution is -2.34. The largest absolute Gasteiger partial charge is 0.435 e. The van der Waals surface area contributed by atoms with Crippen LogP contribution in [0.3, 0.4) is 0 Å². The lowest BCUT2D eigenvalue weighted by atomic mass is 9.89. The maximum atomic E-state index is 13.1. The molecular weight excluding hydrogens is 319 g/mol. The Morgan fingerprint density at radius 3 is 2.54 bits per heavy atom. The zero-order chi connectivity index (χ0) is 17.2. The number of halogens is 3. The number of rotatable bonds is 4. The summed E-state index contributed by atoms with van der Waals surface area (Å²) in [5, 5.41) is 6.69. The van der Waals surface area contributed by atoms with Crippen molar-refractivity contribution in [1.29, 1.82) is 0 Å². The first-order chi connectivity index (χ1) is 11.5. The molecule has 0 saturated heterocycles. The predicted molar refractivity (Wildman–Crippen MR) is 83.5 cm³/mol. The van der Waals surface area contributed by atoms with Gasteiger partial charge in [-0.15, -0.1) is 0 Å². The van der Waals surface area contributed by atoms with Gasteiger partial charge in [-0.1, -0.05) is 19.3 Å². The van der Waals surface area contributed by atoms with Crippen molar-refractivity contribution in [2.24, 2.45) is 5.92 Å². The van der Waals surface area contributed by atoms with Crippen molar-refractivity contribution in [3.63, 3.8) is 0 Å². The molecule has 0 spiro atoms. The van der Waals surface area contributed by atoms with Crippen molar-refractivity contribution in [2.45, 2.75) is 70.5 Å². The third kappa shape index (κ3) is 3.75. The maximum absolute atomic E-state index is 13.1. The van der Waals surface area contributed by atoms with Crippen LogP contribution in [0.2, 0.25) is 0 Å². The van der Waals surface area contributed by atoms with Gasteiger partial charge in [0.1, 0.15) is 0 Å². The van der Waals surface area contributed by atoms with Gasteiger partial charge in [-0.2, -0.15) is 18.3 Å². The molecule has 4 nitrogen and oxygen atoms in total. The van der Waals surface area contributed by atoms with Gasteiger partial charge in [-0.3, -0.25) is 9.48 Å². The minimum absolute atomic E-state index is 0.0340. The summed E-state index contributed by atoms with van der Waals surface area (Å²) in [5.74, 6) is 0.0998. The maximum Gasteiger partial charge on any atom is 0.435 e. The number of carbonyl (C=O) groups is 1. The highest BCUT2D eigenvalue weighted by Crippen LogP contribution is 2.35. The fraction of sp³-hybridized carbons (Fsp3) is 0.765. The molecule has 7 heteroatoms. The minimum Gasteiger partial charge on any atom is -0.354 e. The van der Waals surface area contributed by atoms with Crippen LogP contribution in [-0.2, 0) is 30.4 Å². The smallest absolute Gasteiger partial charge is 0.354 e. The van der Waals surface area contributed by atoms with Crippen LogP contribution in [0.5, 0.6) is 0 Å². The van der Waals surface area contributed by atoms with Crippen LogP contribution in [-0.4, -0.2) is 22.2 Å². The summed E-state index contributed by atoms with van der Waals surface area (Å²) in [4.78, 5) is 12.1. The van der Waals surface area contributed by atoms with Crippen LogP contribution >= 0.6 is 0 Å². The molecule has 1 amide bonds. The summed E-state index contributed by atoms with van der Waals surface area (Å²) >= 11 is 0. The number of aromatic nitrogens is 2. The first-order valence-electron chi connectivity index (χ1n) is 8.90. The minimum atomic E-state index is -4.40. The van der Waals surface area contributed by atoms with Crippen LogP contribution in [0.4, 0.5) is 13.2 Å². The van der Waals surface area contributed by atoms with Crippen LogP contribution in [0.25, 0.3) is 0 Å². The van der Waals surface area contributed by atoms with E-state index in [0.29, 0.717) is 37.2 Å². The Morgan fingerprint density at radius 1 is 1.12 bits per heavy atom. The topological polar surface area (TPSA) is 46.9 Å². The number of nitrogens with one attached hydrogen (secondary N) is 1. The second-order valence-corrected chi connectivity index (χ2v) is 6.83. The number of hydrogen-bond donors (Lipinski definition) is 1. The van der Waals surface area contributed by atoms with E-state index < -0.39 is 11.9 Å². The van der Waals surface area contributed by atoms with Gasteiger partial charge in [0.25, 0.3) is 0 Å². The van der Waals surface area contributed by atoms with Gasteiger partial charge < -0.3 is 5.32 Å². The molecule has 0 unspecified atom stereocenters. The fourth-order valence-corrected chi connectivity index (χ4v) is 3.88. The Hall–Kier alpha value is -1.53. The summed E-state index contributed by atoms with van der Waals surface area (Å²) in [5.41, 5.74) is 0.309. The normalized spacial score (nSPS) is 19.1. The molecule has 0 bridgehead atoms. The van der Waals surface area contributed by atoms with E-state index in [0.717, 1.165) is 38.5 Å². The molecule has 1 heterocycles. The molecule has 1 fully saturated rings. The standard InChI is InChI=1S/C17H24F3N3O/c18-17(19,20)15-13-8-4-5-9-14(13)23(22-15)11-10-21-16(24)12-6-2-1-3-7-12/h12H,1-11H2,(H,21,24). The number of nitrogens with zero attached hydrogens (tertiary/aromatic N) is 2. The van der Waals surface area contributed by atoms with Crippen molar-refractivity contribution in [3.8, 4) is 0 Å². The van der Waals surface area contributed by atoms with E-state index in [2.05, 4.69) is 10.4 Å². The quantitative estimate of drug-likeness (QED) is 0.910. The van der Waals surface area contributed by atoms with E-state index in [1.165, 1.54) is 11.1 Å². The molecule has 0 atom stereocenters. The van der Waals surface area contributed by atoms with Crippen molar-refractivity contribution in [2.75, 3.05) is 6.54 Å². The zero-order valence-electron chi connectivity index (χ0n) is 13.8. The Bertz CT molecular complexity index is 589. The van der Waals surface area contributed by atoms with E-state index in [-0.39, 0.29) is 11.8 Å². The SMILES string of the molecule is O=C(NCCn1nc(C(F)(F)F)c2c1CCCC2)C1CCCCC1. The van der Waals surface area contributed by atoms with E-state index in [1.54, 1.807) is 0 Å². The van der Waals surface area contributed by atoms with E-state index in [1.807, 2.05) is 0 Å². The van der Waals surface area contributed by atoms with Gasteiger partial charge >= 0.3 is 6.18 Å². The number of fused-ring (bicyclic) bond motifs is 1. The van der Waals surface area contributed by atoms with E-state index >= 15 is 0 Å². The Balaban J connectivity index is 1.63. The molecular formula is C17H24F3N3O. The molecule has 1 N–H and O–H groups in total. The van der Waals surface area contributed by atoms with Gasteiger partial charge in [0.05, 0.1) is 6.54 Å². The molecule has 1 aromatic rings. The van der Waals surface area contributed by atoms with Crippen LogP contribution in [0.1, 0.15) is 61.9 Å². The van der Waals surface area contributed by atoms with E-state index in [9.17, 15) is 18.0 Å². The van der Waals surface area contributed by atoms with Crippen molar-refractivity contribution in [3.05, 3.63) is 17.0 Å². The molecule has 0 aromatic carbocycles. The molecule has 2 aliphatic rings. The second kappa shape index (κ2) is 7.15. The third-order valence-corrected chi connectivity index (χ3v) is 5.12. The fourth-order valence-electron chi connectivity index (χ4n) is 3.88. The number of amides is 1. The lowest BCUT2D eigenvalue weighted by molar-refractivity contribution is -0.142. The summed E-state index contributed by atoms with van der Waals surface area (Å²) in [6.45, 7) is 0.637. The monoisotopic (exact) mass is 343 g/mol. The number of carbonyl (C=O) groups excluding carboxylic acids is 1. The Labute approximate surface area is 139 Å². The molecule has 24 heavy (non-hydrogen) atoms. The Morgan fingerprint density at radius 2 is 1.83 bits per heavy atom. The van der Waals surface area contributed by atoms with Crippen LogP contribution in [0.15, 0.2) is 0 Å². The van der Waals surface area contributed by atoms with Gasteiger partial charge in [-0.25, -0.2) is 0 Å². The molecule has 1 aromatic heterocycles. The van der Waals surface area contributed by atoms with Crippen molar-refractivity contribution in [1.82, 2.24) is 15.1 Å². The molecule has 3 rings (SSSR count). The van der Waals surface area contributed by atoms with Gasteiger partial charge in [-0.05, 0) is 38.5 Å². The summed E-state index contributed by atoms with van der Waals surface area (Å²) < 4.78 is 40.9. The van der Waals surface area contributed by atoms with Crippen molar-refractivity contribution >= 4 is 5.91 Å². The average Bonchev–Trinajstić information content (AvgIpc) is 2.95.